The molecule has 0 bridgehead atoms. The van der Waals surface area contributed by atoms with E-state index < -0.39 is 5.82 Å². The van der Waals surface area contributed by atoms with E-state index in [4.69, 9.17) is 0 Å². The minimum atomic E-state index is -0.398. The molecule has 0 radical (unpaired) electrons. The zero-order valence-electron chi connectivity index (χ0n) is 12.1. The van der Waals surface area contributed by atoms with Crippen LogP contribution in [0.15, 0.2) is 42.6 Å². The molecule has 114 valence electrons. The van der Waals surface area contributed by atoms with Gasteiger partial charge in [-0.2, -0.15) is 0 Å². The highest BCUT2D eigenvalue weighted by molar-refractivity contribution is 7.22. The summed E-state index contributed by atoms with van der Waals surface area (Å²) < 4.78 is 16.1. The van der Waals surface area contributed by atoms with Gasteiger partial charge in [0.15, 0.2) is 5.13 Å². The number of carbonyl (C=O) groups excluding carboxylic acids is 1. The number of hydrogen-bond donors (Lipinski definition) is 1. The standard InChI is InChI=1S/C16H11FN4OS/c1-9-14(21-8-3-2-7-12(21)18-9)15(22)20-16-19-13-10(17)5-4-6-11(13)23-16/h2-8H,1H3,(H,19,20,22). The summed E-state index contributed by atoms with van der Waals surface area (Å²) >= 11 is 1.24. The molecule has 0 unspecified atom stereocenters. The smallest absolute Gasteiger partial charge is 0.276 e. The molecule has 1 aromatic carbocycles. The molecule has 0 spiro atoms. The maximum atomic E-state index is 13.7. The molecule has 0 aliphatic rings. The zero-order valence-corrected chi connectivity index (χ0v) is 12.9. The number of anilines is 1. The number of aryl methyl sites for hydroxylation is 1. The van der Waals surface area contributed by atoms with Gasteiger partial charge in [0.1, 0.15) is 22.7 Å². The molecule has 5 nitrogen and oxygen atoms in total. The Hall–Kier alpha value is -2.80. The average molecular weight is 326 g/mol. The number of rotatable bonds is 2. The summed E-state index contributed by atoms with van der Waals surface area (Å²) in [6.07, 6.45) is 1.78. The lowest BCUT2D eigenvalue weighted by molar-refractivity contribution is 0.102. The van der Waals surface area contributed by atoms with E-state index in [1.807, 2.05) is 18.2 Å². The molecular formula is C16H11FN4OS. The summed E-state index contributed by atoms with van der Waals surface area (Å²) in [6, 6.07) is 10.3. The van der Waals surface area contributed by atoms with Gasteiger partial charge in [-0.3, -0.25) is 14.5 Å². The molecule has 3 aromatic heterocycles. The van der Waals surface area contributed by atoms with Crippen molar-refractivity contribution in [1.29, 1.82) is 0 Å². The molecule has 1 N–H and O–H groups in total. The maximum absolute atomic E-state index is 13.7. The van der Waals surface area contributed by atoms with Gasteiger partial charge in [0.25, 0.3) is 5.91 Å². The Kier molecular flexibility index (Phi) is 3.09. The van der Waals surface area contributed by atoms with Gasteiger partial charge in [-0.25, -0.2) is 14.4 Å². The highest BCUT2D eigenvalue weighted by Gasteiger charge is 2.18. The summed E-state index contributed by atoms with van der Waals surface area (Å²) in [7, 11) is 0. The predicted octanol–water partition coefficient (Wildman–Crippen LogP) is 3.64. The van der Waals surface area contributed by atoms with Gasteiger partial charge >= 0.3 is 0 Å². The number of nitrogens with zero attached hydrogens (tertiary/aromatic N) is 3. The topological polar surface area (TPSA) is 59.3 Å². The summed E-state index contributed by atoms with van der Waals surface area (Å²) in [5.41, 5.74) is 2.04. The molecule has 0 aliphatic carbocycles. The Morgan fingerprint density at radius 2 is 2.09 bits per heavy atom. The molecular weight excluding hydrogens is 315 g/mol. The van der Waals surface area contributed by atoms with Crippen molar-refractivity contribution in [1.82, 2.24) is 14.4 Å². The summed E-state index contributed by atoms with van der Waals surface area (Å²) in [5, 5.41) is 3.10. The lowest BCUT2D eigenvalue weighted by atomic mass is 10.3. The number of fused-ring (bicyclic) bond motifs is 2. The first-order chi connectivity index (χ1) is 11.1. The van der Waals surface area contributed by atoms with Gasteiger partial charge in [-0.05, 0) is 31.2 Å². The van der Waals surface area contributed by atoms with Crippen molar-refractivity contribution in [3.05, 3.63) is 59.8 Å². The number of halogens is 1. The summed E-state index contributed by atoms with van der Waals surface area (Å²) in [6.45, 7) is 1.78. The highest BCUT2D eigenvalue weighted by Crippen LogP contribution is 2.28. The largest absolute Gasteiger partial charge is 0.296 e. The molecule has 3 heterocycles. The number of benzene rings is 1. The van der Waals surface area contributed by atoms with E-state index in [1.165, 1.54) is 17.4 Å². The fourth-order valence-electron chi connectivity index (χ4n) is 2.51. The molecule has 0 saturated carbocycles. The van der Waals surface area contributed by atoms with Crippen molar-refractivity contribution < 1.29 is 9.18 Å². The van der Waals surface area contributed by atoms with Gasteiger partial charge in [0.2, 0.25) is 0 Å². The summed E-state index contributed by atoms with van der Waals surface area (Å²) in [5.74, 6) is -0.717. The van der Waals surface area contributed by atoms with Crippen LogP contribution in [0.25, 0.3) is 15.9 Å². The van der Waals surface area contributed by atoms with Crippen molar-refractivity contribution in [3.63, 3.8) is 0 Å². The Morgan fingerprint density at radius 3 is 2.91 bits per heavy atom. The fraction of sp³-hybridized carbons (Fsp3) is 0.0625. The van der Waals surface area contributed by atoms with Crippen molar-refractivity contribution in [2.75, 3.05) is 5.32 Å². The zero-order chi connectivity index (χ0) is 16.0. The Bertz CT molecular complexity index is 1050. The van der Waals surface area contributed by atoms with Crippen molar-refractivity contribution in [2.24, 2.45) is 0 Å². The second kappa shape index (κ2) is 5.13. The normalized spacial score (nSPS) is 11.2. The first-order valence-electron chi connectivity index (χ1n) is 6.93. The second-order valence-electron chi connectivity index (χ2n) is 5.03. The minimum absolute atomic E-state index is 0.266. The average Bonchev–Trinajstić information content (AvgIpc) is 3.07. The number of hydrogen-bond acceptors (Lipinski definition) is 4. The lowest BCUT2D eigenvalue weighted by Gasteiger charge is -2.02. The Morgan fingerprint density at radius 1 is 1.22 bits per heavy atom. The van der Waals surface area contributed by atoms with Gasteiger partial charge in [0, 0.05) is 6.20 Å². The molecule has 0 atom stereocenters. The molecule has 4 aromatic rings. The van der Waals surface area contributed by atoms with E-state index in [1.54, 1.807) is 29.7 Å². The van der Waals surface area contributed by atoms with Crippen LogP contribution < -0.4 is 5.32 Å². The number of carbonyl (C=O) groups is 1. The van der Waals surface area contributed by atoms with Crippen LogP contribution in [0.2, 0.25) is 0 Å². The Labute approximate surface area is 134 Å². The van der Waals surface area contributed by atoms with Gasteiger partial charge in [-0.1, -0.05) is 23.5 Å². The van der Waals surface area contributed by atoms with Crippen LogP contribution in [-0.2, 0) is 0 Å². The third-order valence-corrected chi connectivity index (χ3v) is 4.45. The van der Waals surface area contributed by atoms with E-state index >= 15 is 0 Å². The number of amides is 1. The quantitative estimate of drug-likeness (QED) is 0.612. The van der Waals surface area contributed by atoms with E-state index in [-0.39, 0.29) is 11.4 Å². The molecule has 0 saturated heterocycles. The van der Waals surface area contributed by atoms with Crippen molar-refractivity contribution >= 4 is 38.2 Å². The lowest BCUT2D eigenvalue weighted by Crippen LogP contribution is -2.15. The summed E-state index contributed by atoms with van der Waals surface area (Å²) in [4.78, 5) is 21.1. The highest BCUT2D eigenvalue weighted by atomic mass is 32.1. The Balaban J connectivity index is 1.73. The number of para-hydroxylation sites is 1. The van der Waals surface area contributed by atoms with Gasteiger partial charge < -0.3 is 0 Å². The monoisotopic (exact) mass is 326 g/mol. The van der Waals surface area contributed by atoms with Crippen LogP contribution in [-0.4, -0.2) is 20.3 Å². The van der Waals surface area contributed by atoms with Crippen LogP contribution >= 0.6 is 11.3 Å². The number of imidazole rings is 1. The third-order valence-electron chi connectivity index (χ3n) is 3.51. The van der Waals surface area contributed by atoms with Crippen LogP contribution in [0, 0.1) is 12.7 Å². The van der Waals surface area contributed by atoms with Gasteiger partial charge in [-0.15, -0.1) is 0 Å². The number of aromatic nitrogens is 3. The number of thiazole rings is 1. The predicted molar refractivity (Wildman–Crippen MR) is 87.5 cm³/mol. The van der Waals surface area contributed by atoms with E-state index in [0.29, 0.717) is 26.9 Å². The molecule has 23 heavy (non-hydrogen) atoms. The van der Waals surface area contributed by atoms with Crippen LogP contribution in [0.4, 0.5) is 9.52 Å². The van der Waals surface area contributed by atoms with E-state index in [0.717, 1.165) is 0 Å². The van der Waals surface area contributed by atoms with Crippen molar-refractivity contribution in [2.45, 2.75) is 6.92 Å². The fourth-order valence-corrected chi connectivity index (χ4v) is 3.39. The first kappa shape index (κ1) is 13.8. The van der Waals surface area contributed by atoms with E-state index in [9.17, 15) is 9.18 Å². The third kappa shape index (κ3) is 2.25. The van der Waals surface area contributed by atoms with E-state index in [2.05, 4.69) is 15.3 Å². The second-order valence-corrected chi connectivity index (χ2v) is 6.07. The van der Waals surface area contributed by atoms with Crippen LogP contribution in [0.1, 0.15) is 16.2 Å². The minimum Gasteiger partial charge on any atom is -0.296 e. The van der Waals surface area contributed by atoms with Crippen LogP contribution in [0.5, 0.6) is 0 Å². The molecule has 0 aliphatic heterocycles. The van der Waals surface area contributed by atoms with Gasteiger partial charge in [0.05, 0.1) is 10.4 Å². The first-order valence-corrected chi connectivity index (χ1v) is 7.75. The molecule has 0 fully saturated rings. The van der Waals surface area contributed by atoms with Crippen molar-refractivity contribution in [3.8, 4) is 0 Å². The number of nitrogens with one attached hydrogen (secondary N) is 1. The molecule has 4 rings (SSSR count). The molecule has 7 heteroatoms. The number of pyridine rings is 1. The molecule has 1 amide bonds. The SMILES string of the molecule is Cc1nc2ccccn2c1C(=O)Nc1nc2c(F)cccc2s1. The van der Waals surface area contributed by atoms with Crippen LogP contribution in [0.3, 0.4) is 0 Å². The maximum Gasteiger partial charge on any atom is 0.276 e.